The second-order valence-electron chi connectivity index (χ2n) is 5.10. The first-order chi connectivity index (χ1) is 9.72. The van der Waals surface area contributed by atoms with Gasteiger partial charge in [-0.05, 0) is 18.1 Å². The van der Waals surface area contributed by atoms with E-state index < -0.39 is 12.4 Å². The highest BCUT2D eigenvalue weighted by Gasteiger charge is 2.39. The van der Waals surface area contributed by atoms with Gasteiger partial charge in [0, 0.05) is 12.7 Å². The third-order valence-electron chi connectivity index (χ3n) is 3.85. The lowest BCUT2D eigenvalue weighted by Crippen LogP contribution is -2.36. The largest absolute Gasteiger partial charge is 0.464 e. The van der Waals surface area contributed by atoms with Gasteiger partial charge in [0.25, 0.3) is 0 Å². The van der Waals surface area contributed by atoms with Crippen molar-refractivity contribution in [2.75, 3.05) is 7.11 Å². The molecule has 0 radical (unpaired) electrons. The third kappa shape index (κ3) is 2.09. The second kappa shape index (κ2) is 5.27. The van der Waals surface area contributed by atoms with E-state index in [2.05, 4.69) is 0 Å². The fourth-order valence-electron chi connectivity index (χ4n) is 2.81. The molecule has 0 fully saturated rings. The first kappa shape index (κ1) is 13.2. The van der Waals surface area contributed by atoms with Gasteiger partial charge in [-0.1, -0.05) is 48.5 Å². The molecule has 1 N–H and O–H groups in total. The Hall–Kier alpha value is -1.84. The molecular formula is C17H18O3. The lowest BCUT2D eigenvalue weighted by atomic mass is 9.85. The van der Waals surface area contributed by atoms with Crippen LogP contribution in [0.1, 0.15) is 28.7 Å². The van der Waals surface area contributed by atoms with Crippen molar-refractivity contribution in [1.29, 1.82) is 0 Å². The molecule has 2 aromatic carbocycles. The summed E-state index contributed by atoms with van der Waals surface area (Å²) in [5, 5.41) is 10.7. The van der Waals surface area contributed by atoms with E-state index in [1.165, 1.54) is 0 Å². The van der Waals surface area contributed by atoms with Crippen LogP contribution in [0.3, 0.4) is 0 Å². The number of fused-ring (bicyclic) bond motifs is 1. The van der Waals surface area contributed by atoms with Crippen molar-refractivity contribution < 1.29 is 14.6 Å². The van der Waals surface area contributed by atoms with Gasteiger partial charge < -0.3 is 14.6 Å². The fraction of sp³-hybridized carbons (Fsp3) is 0.294. The Balaban J connectivity index is 2.08. The van der Waals surface area contributed by atoms with Gasteiger partial charge in [0.1, 0.15) is 5.75 Å². The molecule has 20 heavy (non-hydrogen) atoms. The van der Waals surface area contributed by atoms with E-state index in [1.807, 2.05) is 55.5 Å². The lowest BCUT2D eigenvalue weighted by Gasteiger charge is -2.37. The van der Waals surface area contributed by atoms with Crippen LogP contribution in [-0.2, 0) is 4.74 Å². The number of benzene rings is 2. The van der Waals surface area contributed by atoms with Crippen LogP contribution in [0.15, 0.2) is 48.5 Å². The Bertz CT molecular complexity index is 594. The number of para-hydroxylation sites is 1. The van der Waals surface area contributed by atoms with Gasteiger partial charge >= 0.3 is 0 Å². The number of hydrogen-bond donors (Lipinski definition) is 1. The topological polar surface area (TPSA) is 38.7 Å². The van der Waals surface area contributed by atoms with Crippen molar-refractivity contribution in [3.63, 3.8) is 0 Å². The maximum Gasteiger partial charge on any atom is 0.209 e. The molecule has 3 nitrogen and oxygen atoms in total. The number of aliphatic hydroxyl groups is 1. The van der Waals surface area contributed by atoms with Gasteiger partial charge in [-0.15, -0.1) is 0 Å². The van der Waals surface area contributed by atoms with Gasteiger partial charge in [-0.3, -0.25) is 0 Å². The summed E-state index contributed by atoms with van der Waals surface area (Å²) in [4.78, 5) is 0. The molecule has 3 rings (SSSR count). The maximum atomic E-state index is 10.7. The molecule has 2 aromatic rings. The molecular weight excluding hydrogens is 252 g/mol. The van der Waals surface area contributed by atoms with Crippen molar-refractivity contribution in [1.82, 2.24) is 0 Å². The average Bonchev–Trinajstić information content (AvgIpc) is 2.49. The number of aliphatic hydroxyl groups excluding tert-OH is 1. The minimum atomic E-state index is -0.633. The van der Waals surface area contributed by atoms with Crippen molar-refractivity contribution in [3.05, 3.63) is 65.2 Å². The number of ether oxygens (including phenoxy) is 2. The monoisotopic (exact) mass is 270 g/mol. The normalized spacial score (nSPS) is 24.9. The Morgan fingerprint density at radius 3 is 2.50 bits per heavy atom. The van der Waals surface area contributed by atoms with E-state index in [-0.39, 0.29) is 5.92 Å². The van der Waals surface area contributed by atoms with Gasteiger partial charge in [-0.2, -0.15) is 0 Å². The Kier molecular flexibility index (Phi) is 3.47. The standard InChI is InChI=1S/C17H18O3/c1-11-7-6-10-13-15(18)14(12-8-4-3-5-9-12)17(19-2)20-16(11)13/h3-10,14-15,17-18H,1-2H3. The Morgan fingerprint density at radius 1 is 1.05 bits per heavy atom. The fourth-order valence-corrected chi connectivity index (χ4v) is 2.81. The predicted octanol–water partition coefficient (Wildman–Crippen LogP) is 3.18. The van der Waals surface area contributed by atoms with E-state index in [9.17, 15) is 5.11 Å². The van der Waals surface area contributed by atoms with E-state index in [1.54, 1.807) is 7.11 Å². The van der Waals surface area contributed by atoms with Crippen LogP contribution in [0.2, 0.25) is 0 Å². The SMILES string of the molecule is COC1Oc2c(C)cccc2C(O)C1c1ccccc1. The molecule has 0 saturated carbocycles. The van der Waals surface area contributed by atoms with Gasteiger partial charge in [0.2, 0.25) is 6.29 Å². The van der Waals surface area contributed by atoms with Crippen LogP contribution in [0.5, 0.6) is 5.75 Å². The first-order valence-electron chi connectivity index (χ1n) is 6.74. The number of aryl methyl sites for hydroxylation is 1. The van der Waals surface area contributed by atoms with Gasteiger partial charge in [0.05, 0.1) is 12.0 Å². The molecule has 0 aromatic heterocycles. The quantitative estimate of drug-likeness (QED) is 0.911. The summed E-state index contributed by atoms with van der Waals surface area (Å²) in [6.45, 7) is 1.97. The summed E-state index contributed by atoms with van der Waals surface area (Å²) < 4.78 is 11.4. The van der Waals surface area contributed by atoms with Gasteiger partial charge in [-0.25, -0.2) is 0 Å². The third-order valence-corrected chi connectivity index (χ3v) is 3.85. The van der Waals surface area contributed by atoms with Crippen molar-refractivity contribution in [2.45, 2.75) is 25.2 Å². The van der Waals surface area contributed by atoms with E-state index >= 15 is 0 Å². The van der Waals surface area contributed by atoms with Crippen molar-refractivity contribution in [2.24, 2.45) is 0 Å². The van der Waals surface area contributed by atoms with Crippen LogP contribution in [0, 0.1) is 6.92 Å². The van der Waals surface area contributed by atoms with E-state index in [0.29, 0.717) is 0 Å². The summed E-state index contributed by atoms with van der Waals surface area (Å²) in [5.74, 6) is 0.509. The molecule has 0 saturated heterocycles. The van der Waals surface area contributed by atoms with Crippen LogP contribution >= 0.6 is 0 Å². The zero-order valence-corrected chi connectivity index (χ0v) is 11.6. The summed E-state index contributed by atoms with van der Waals surface area (Å²) in [6, 6.07) is 15.7. The molecule has 3 unspecified atom stereocenters. The maximum absolute atomic E-state index is 10.7. The van der Waals surface area contributed by atoms with Crippen LogP contribution < -0.4 is 4.74 Å². The zero-order chi connectivity index (χ0) is 14.1. The number of methoxy groups -OCH3 is 1. The molecule has 3 atom stereocenters. The summed E-state index contributed by atoms with van der Waals surface area (Å²) >= 11 is 0. The molecule has 0 amide bonds. The molecule has 0 spiro atoms. The Labute approximate surface area is 118 Å². The second-order valence-corrected chi connectivity index (χ2v) is 5.10. The van der Waals surface area contributed by atoms with Crippen LogP contribution in [0.25, 0.3) is 0 Å². The molecule has 1 heterocycles. The highest BCUT2D eigenvalue weighted by Crippen LogP contribution is 2.45. The summed E-state index contributed by atoms with van der Waals surface area (Å²) in [7, 11) is 1.61. The molecule has 0 aliphatic carbocycles. The predicted molar refractivity (Wildman–Crippen MR) is 76.7 cm³/mol. The molecule has 1 aliphatic heterocycles. The molecule has 0 bridgehead atoms. The minimum absolute atomic E-state index is 0.226. The van der Waals surface area contributed by atoms with Gasteiger partial charge in [0.15, 0.2) is 0 Å². The number of hydrogen-bond acceptors (Lipinski definition) is 3. The van der Waals surface area contributed by atoms with E-state index in [4.69, 9.17) is 9.47 Å². The minimum Gasteiger partial charge on any atom is -0.464 e. The Morgan fingerprint density at radius 2 is 1.80 bits per heavy atom. The summed E-state index contributed by atoms with van der Waals surface area (Å²) in [5.41, 5.74) is 2.85. The highest BCUT2D eigenvalue weighted by molar-refractivity contribution is 5.45. The van der Waals surface area contributed by atoms with E-state index in [0.717, 1.165) is 22.4 Å². The van der Waals surface area contributed by atoms with Crippen molar-refractivity contribution in [3.8, 4) is 5.75 Å². The first-order valence-corrected chi connectivity index (χ1v) is 6.74. The average molecular weight is 270 g/mol. The molecule has 3 heteroatoms. The highest BCUT2D eigenvalue weighted by atomic mass is 16.7. The lowest BCUT2D eigenvalue weighted by molar-refractivity contribution is -0.113. The molecule has 1 aliphatic rings. The van der Waals surface area contributed by atoms with Crippen molar-refractivity contribution >= 4 is 0 Å². The smallest absolute Gasteiger partial charge is 0.209 e. The zero-order valence-electron chi connectivity index (χ0n) is 11.6. The summed E-state index contributed by atoms with van der Waals surface area (Å²) in [6.07, 6.45) is -1.12. The van der Waals surface area contributed by atoms with Crippen LogP contribution in [0.4, 0.5) is 0 Å². The van der Waals surface area contributed by atoms with Crippen LogP contribution in [-0.4, -0.2) is 18.5 Å². The number of rotatable bonds is 2. The molecule has 104 valence electrons.